The van der Waals surface area contributed by atoms with E-state index in [1.54, 1.807) is 0 Å². The van der Waals surface area contributed by atoms with Crippen molar-refractivity contribution in [3.8, 4) is 5.75 Å². The minimum Gasteiger partial charge on any atom is -0.507 e. The zero-order valence-corrected chi connectivity index (χ0v) is 11.4. The summed E-state index contributed by atoms with van der Waals surface area (Å²) in [5, 5.41) is 21.8. The number of aliphatic hydroxyl groups is 1. The van der Waals surface area contributed by atoms with Crippen LogP contribution in [-0.2, 0) is 0 Å². The third kappa shape index (κ3) is 3.10. The molecule has 3 N–H and O–H groups in total. The van der Waals surface area contributed by atoms with Crippen LogP contribution in [0.5, 0.6) is 5.75 Å². The topological polar surface area (TPSA) is 69.6 Å². The largest absolute Gasteiger partial charge is 0.507 e. The van der Waals surface area contributed by atoms with E-state index in [1.165, 1.54) is 12.1 Å². The van der Waals surface area contributed by atoms with Gasteiger partial charge in [-0.15, -0.1) is 0 Å². The lowest BCUT2D eigenvalue weighted by molar-refractivity contribution is 0.0714. The Morgan fingerprint density at radius 3 is 2.60 bits per heavy atom. The molecule has 4 nitrogen and oxygen atoms in total. The third-order valence-electron chi connectivity index (χ3n) is 4.09. The van der Waals surface area contributed by atoms with Crippen molar-refractivity contribution in [1.29, 1.82) is 0 Å². The molecule has 20 heavy (non-hydrogen) atoms. The molecule has 1 aliphatic carbocycles. The first kappa shape index (κ1) is 14.8. The van der Waals surface area contributed by atoms with Crippen LogP contribution >= 0.6 is 0 Å². The molecule has 1 saturated carbocycles. The van der Waals surface area contributed by atoms with E-state index in [0.29, 0.717) is 6.54 Å². The Labute approximate surface area is 117 Å². The highest BCUT2D eigenvalue weighted by atomic mass is 19.1. The van der Waals surface area contributed by atoms with E-state index in [0.717, 1.165) is 38.2 Å². The third-order valence-corrected chi connectivity index (χ3v) is 4.09. The van der Waals surface area contributed by atoms with Crippen LogP contribution in [0.4, 0.5) is 4.39 Å². The number of hydrogen-bond acceptors (Lipinski definition) is 3. The van der Waals surface area contributed by atoms with Gasteiger partial charge in [0, 0.05) is 12.0 Å². The molecular formula is C15H20FNO3. The molecule has 1 aromatic rings. The van der Waals surface area contributed by atoms with E-state index in [4.69, 9.17) is 0 Å². The van der Waals surface area contributed by atoms with E-state index in [9.17, 15) is 19.4 Å². The first-order chi connectivity index (χ1) is 9.58. The monoisotopic (exact) mass is 281 g/mol. The minimum absolute atomic E-state index is 0.0105. The van der Waals surface area contributed by atoms with Gasteiger partial charge in [-0.05, 0) is 25.0 Å². The quantitative estimate of drug-likeness (QED) is 0.792. The molecule has 0 aliphatic heterocycles. The molecule has 0 saturated heterocycles. The Balaban J connectivity index is 2.04. The second-order valence-corrected chi connectivity index (χ2v) is 5.54. The highest BCUT2D eigenvalue weighted by molar-refractivity contribution is 5.97. The van der Waals surface area contributed by atoms with Crippen LogP contribution < -0.4 is 5.32 Å². The van der Waals surface area contributed by atoms with Gasteiger partial charge in [0.15, 0.2) is 0 Å². The number of phenols is 1. The molecule has 1 aliphatic rings. The lowest BCUT2D eigenvalue weighted by Crippen LogP contribution is -2.41. The number of hydrogen-bond donors (Lipinski definition) is 3. The molecule has 5 heteroatoms. The Morgan fingerprint density at radius 2 is 2.00 bits per heavy atom. The molecule has 1 amide bonds. The number of carbonyl (C=O) groups is 1. The maximum absolute atomic E-state index is 13.6. The molecule has 110 valence electrons. The standard InChI is InChI=1S/C15H20FNO3/c16-11-5-4-6-12(19)13(11)14(20)17-9-15(10-18)7-2-1-3-8-15/h4-6,18-19H,1-3,7-10H2,(H,17,20). The summed E-state index contributed by atoms with van der Waals surface area (Å²) in [6.45, 7) is 0.312. The normalized spacial score (nSPS) is 17.7. The summed E-state index contributed by atoms with van der Waals surface area (Å²) in [6.07, 6.45) is 4.91. The van der Waals surface area contributed by atoms with Gasteiger partial charge in [-0.2, -0.15) is 0 Å². The number of amides is 1. The van der Waals surface area contributed by atoms with Gasteiger partial charge in [0.05, 0.1) is 6.61 Å². The summed E-state index contributed by atoms with van der Waals surface area (Å²) in [6, 6.07) is 3.76. The Kier molecular flexibility index (Phi) is 4.60. The first-order valence-electron chi connectivity index (χ1n) is 6.94. The number of nitrogens with one attached hydrogen (secondary N) is 1. The molecule has 0 spiro atoms. The summed E-state index contributed by atoms with van der Waals surface area (Å²) in [5.41, 5.74) is -0.647. The van der Waals surface area contributed by atoms with E-state index in [-0.39, 0.29) is 23.3 Å². The molecule has 1 fully saturated rings. The molecule has 0 unspecified atom stereocenters. The second-order valence-electron chi connectivity index (χ2n) is 5.54. The highest BCUT2D eigenvalue weighted by Gasteiger charge is 2.32. The lowest BCUT2D eigenvalue weighted by Gasteiger charge is -2.35. The molecule has 0 radical (unpaired) electrons. The fourth-order valence-electron chi connectivity index (χ4n) is 2.79. The Morgan fingerprint density at radius 1 is 1.30 bits per heavy atom. The highest BCUT2D eigenvalue weighted by Crippen LogP contribution is 2.35. The van der Waals surface area contributed by atoms with Gasteiger partial charge in [0.1, 0.15) is 17.1 Å². The fraction of sp³-hybridized carbons (Fsp3) is 0.533. The summed E-state index contributed by atoms with van der Waals surface area (Å²) < 4.78 is 13.6. The van der Waals surface area contributed by atoms with Gasteiger partial charge < -0.3 is 15.5 Å². The van der Waals surface area contributed by atoms with Crippen LogP contribution in [0.25, 0.3) is 0 Å². The number of halogens is 1. The van der Waals surface area contributed by atoms with Crippen LogP contribution in [0.3, 0.4) is 0 Å². The number of rotatable bonds is 4. The van der Waals surface area contributed by atoms with E-state index >= 15 is 0 Å². The van der Waals surface area contributed by atoms with Gasteiger partial charge in [0.25, 0.3) is 5.91 Å². The van der Waals surface area contributed by atoms with Crippen LogP contribution in [0.1, 0.15) is 42.5 Å². The second kappa shape index (κ2) is 6.22. The van der Waals surface area contributed by atoms with Crippen LogP contribution in [0.2, 0.25) is 0 Å². The lowest BCUT2D eigenvalue weighted by atomic mass is 9.74. The van der Waals surface area contributed by atoms with Crippen molar-refractivity contribution in [2.24, 2.45) is 5.41 Å². The van der Waals surface area contributed by atoms with Crippen molar-refractivity contribution < 1.29 is 19.4 Å². The summed E-state index contributed by atoms with van der Waals surface area (Å²) in [5.74, 6) is -1.76. The molecule has 0 aromatic heterocycles. The van der Waals surface area contributed by atoms with E-state index in [1.807, 2.05) is 0 Å². The maximum Gasteiger partial charge on any atom is 0.258 e. The van der Waals surface area contributed by atoms with Gasteiger partial charge in [0.2, 0.25) is 0 Å². The summed E-state index contributed by atoms with van der Waals surface area (Å²) >= 11 is 0. The number of carbonyl (C=O) groups excluding carboxylic acids is 1. The van der Waals surface area contributed by atoms with Crippen molar-refractivity contribution in [3.05, 3.63) is 29.6 Å². The molecular weight excluding hydrogens is 261 g/mol. The Bertz CT molecular complexity index is 464. The van der Waals surface area contributed by atoms with Crippen LogP contribution in [0.15, 0.2) is 18.2 Å². The SMILES string of the molecule is O=C(NCC1(CO)CCCCC1)c1c(O)cccc1F. The fourth-order valence-corrected chi connectivity index (χ4v) is 2.79. The van der Waals surface area contributed by atoms with E-state index in [2.05, 4.69) is 5.32 Å². The Hall–Kier alpha value is -1.62. The number of phenolic OH excluding ortho intramolecular Hbond substituents is 1. The molecule has 0 atom stereocenters. The molecule has 1 aromatic carbocycles. The minimum atomic E-state index is -0.746. The first-order valence-corrected chi connectivity index (χ1v) is 6.94. The van der Waals surface area contributed by atoms with Gasteiger partial charge in [-0.1, -0.05) is 25.3 Å². The summed E-state index contributed by atoms with van der Waals surface area (Å²) in [7, 11) is 0. The maximum atomic E-state index is 13.6. The zero-order chi connectivity index (χ0) is 14.6. The zero-order valence-electron chi connectivity index (χ0n) is 11.4. The molecule has 0 bridgehead atoms. The predicted molar refractivity (Wildman–Crippen MR) is 73.0 cm³/mol. The van der Waals surface area contributed by atoms with Crippen molar-refractivity contribution >= 4 is 5.91 Å². The number of benzene rings is 1. The number of aromatic hydroxyl groups is 1. The predicted octanol–water partition coefficient (Wildman–Crippen LogP) is 2.20. The summed E-state index contributed by atoms with van der Waals surface area (Å²) in [4.78, 5) is 12.0. The van der Waals surface area contributed by atoms with Crippen molar-refractivity contribution in [3.63, 3.8) is 0 Å². The number of aliphatic hydroxyl groups excluding tert-OH is 1. The average molecular weight is 281 g/mol. The van der Waals surface area contributed by atoms with Crippen molar-refractivity contribution in [1.82, 2.24) is 5.32 Å². The average Bonchev–Trinajstić information content (AvgIpc) is 2.46. The molecule has 0 heterocycles. The van der Waals surface area contributed by atoms with Crippen molar-refractivity contribution in [2.45, 2.75) is 32.1 Å². The van der Waals surface area contributed by atoms with Crippen LogP contribution in [0, 0.1) is 11.2 Å². The smallest absolute Gasteiger partial charge is 0.258 e. The van der Waals surface area contributed by atoms with Gasteiger partial charge >= 0.3 is 0 Å². The van der Waals surface area contributed by atoms with Gasteiger partial charge in [-0.25, -0.2) is 4.39 Å². The van der Waals surface area contributed by atoms with Gasteiger partial charge in [-0.3, -0.25) is 4.79 Å². The van der Waals surface area contributed by atoms with Crippen LogP contribution in [-0.4, -0.2) is 29.3 Å². The molecule has 2 rings (SSSR count). The van der Waals surface area contributed by atoms with E-state index < -0.39 is 11.7 Å². The van der Waals surface area contributed by atoms with Crippen molar-refractivity contribution in [2.75, 3.05) is 13.2 Å².